The summed E-state index contributed by atoms with van der Waals surface area (Å²) in [7, 11) is 0. The molecule has 0 unspecified atom stereocenters. The lowest BCUT2D eigenvalue weighted by Crippen LogP contribution is -2.43. The predicted molar refractivity (Wildman–Crippen MR) is 87.8 cm³/mol. The van der Waals surface area contributed by atoms with Crippen molar-refractivity contribution in [1.29, 1.82) is 0 Å². The van der Waals surface area contributed by atoms with E-state index >= 15 is 0 Å². The zero-order valence-corrected chi connectivity index (χ0v) is 12.6. The molecule has 3 rings (SSSR count). The largest absolute Gasteiger partial charge is 0.352 e. The average molecular weight is 293 g/mol. The van der Waals surface area contributed by atoms with Gasteiger partial charge in [-0.05, 0) is 24.0 Å². The molecule has 1 amide bonds. The second-order valence-corrected chi connectivity index (χ2v) is 5.71. The summed E-state index contributed by atoms with van der Waals surface area (Å²) in [6, 6.07) is 20.2. The summed E-state index contributed by atoms with van der Waals surface area (Å²) in [6.07, 6.45) is 1.89. The summed E-state index contributed by atoms with van der Waals surface area (Å²) in [5, 5.41) is 7.56. The van der Waals surface area contributed by atoms with Crippen molar-refractivity contribution in [2.75, 3.05) is 13.1 Å². The van der Waals surface area contributed by atoms with Crippen LogP contribution in [0.4, 0.5) is 0 Å². The third-order valence-electron chi connectivity index (χ3n) is 4.15. The van der Waals surface area contributed by atoms with Gasteiger partial charge in [0.25, 0.3) is 0 Å². The highest BCUT2D eigenvalue weighted by Crippen LogP contribution is 2.25. The van der Waals surface area contributed by atoms with Crippen LogP contribution in [0, 0.1) is 0 Å². The zero-order valence-electron chi connectivity index (χ0n) is 12.6. The fourth-order valence-corrected chi connectivity index (χ4v) is 2.97. The topological polar surface area (TPSA) is 43.2 Å². The summed E-state index contributed by atoms with van der Waals surface area (Å²) in [5.74, 6) is -0.162. The van der Waals surface area contributed by atoms with E-state index in [9.17, 15) is 4.79 Å². The monoisotopic (exact) mass is 293 g/mol. The van der Waals surface area contributed by atoms with Gasteiger partial charge >= 0.3 is 0 Å². The van der Waals surface area contributed by atoms with Gasteiger partial charge in [-0.15, -0.1) is 0 Å². The number of carbonyl (C=O) groups excluding carboxylic acids is 1. The summed E-state index contributed by atoms with van der Waals surface area (Å²) in [5.41, 5.74) is 2.07. The number of hydrogen-bond donors (Lipinski definition) is 1. The quantitative estimate of drug-likeness (QED) is 0.925. The Balaban J connectivity index is 1.83. The van der Waals surface area contributed by atoms with Crippen LogP contribution < -0.4 is 10.6 Å². The number of amides is 1. The van der Waals surface area contributed by atoms with Crippen molar-refractivity contribution in [2.24, 2.45) is 0 Å². The van der Waals surface area contributed by atoms with Crippen molar-refractivity contribution in [1.82, 2.24) is 10.6 Å². The van der Waals surface area contributed by atoms with Crippen LogP contribution in [0.15, 0.2) is 60.7 Å². The molecule has 1 fully saturated rings. The van der Waals surface area contributed by atoms with E-state index in [1.165, 1.54) is 0 Å². The maximum atomic E-state index is 12.9. The number of nitrogens with one attached hydrogen (secondary N) is 1. The Hall–Kier alpha value is -2.13. The normalized spacial score (nSPS) is 15.7. The van der Waals surface area contributed by atoms with Gasteiger partial charge in [0.05, 0.1) is 5.92 Å². The molecular weight excluding hydrogens is 272 g/mol. The number of carbonyl (C=O) groups is 1. The molecule has 1 radical (unpaired) electrons. The van der Waals surface area contributed by atoms with E-state index in [-0.39, 0.29) is 17.9 Å². The predicted octanol–water partition coefficient (Wildman–Crippen LogP) is 2.70. The molecule has 3 nitrogen and oxygen atoms in total. The zero-order chi connectivity index (χ0) is 15.2. The van der Waals surface area contributed by atoms with Crippen molar-refractivity contribution >= 4 is 5.91 Å². The lowest BCUT2D eigenvalue weighted by atomic mass is 9.90. The number of nitrogens with zero attached hydrogens (tertiary/aromatic N) is 1. The Morgan fingerprint density at radius 3 is 1.91 bits per heavy atom. The molecule has 1 saturated heterocycles. The van der Waals surface area contributed by atoms with Crippen molar-refractivity contribution in [3.8, 4) is 0 Å². The maximum Gasteiger partial charge on any atom is 0.232 e. The third kappa shape index (κ3) is 3.55. The van der Waals surface area contributed by atoms with Crippen molar-refractivity contribution in [3.63, 3.8) is 0 Å². The molecule has 113 valence electrons. The number of piperidine rings is 1. The van der Waals surface area contributed by atoms with Crippen LogP contribution in [0.5, 0.6) is 0 Å². The molecule has 1 heterocycles. The maximum absolute atomic E-state index is 12.9. The van der Waals surface area contributed by atoms with Gasteiger partial charge in [-0.2, -0.15) is 0 Å². The first kappa shape index (κ1) is 14.8. The first-order valence-corrected chi connectivity index (χ1v) is 7.88. The highest BCUT2D eigenvalue weighted by molar-refractivity contribution is 5.87. The Labute approximate surface area is 131 Å². The summed E-state index contributed by atoms with van der Waals surface area (Å²) < 4.78 is 0. The highest BCUT2D eigenvalue weighted by Gasteiger charge is 2.25. The van der Waals surface area contributed by atoms with E-state index in [0.29, 0.717) is 0 Å². The van der Waals surface area contributed by atoms with Gasteiger partial charge in [-0.25, -0.2) is 5.32 Å². The number of rotatable bonds is 4. The average Bonchev–Trinajstić information content (AvgIpc) is 2.58. The second-order valence-electron chi connectivity index (χ2n) is 5.71. The van der Waals surface area contributed by atoms with Crippen LogP contribution in [0.25, 0.3) is 0 Å². The van der Waals surface area contributed by atoms with Crippen molar-refractivity contribution in [2.45, 2.75) is 24.8 Å². The van der Waals surface area contributed by atoms with Gasteiger partial charge in [-0.3, -0.25) is 4.79 Å². The smallest absolute Gasteiger partial charge is 0.232 e. The minimum Gasteiger partial charge on any atom is -0.352 e. The molecule has 0 atom stereocenters. The second kappa shape index (κ2) is 7.23. The third-order valence-corrected chi connectivity index (χ3v) is 4.15. The highest BCUT2D eigenvalue weighted by atomic mass is 16.1. The fraction of sp³-hybridized carbons (Fsp3) is 0.316. The molecule has 1 aliphatic heterocycles. The van der Waals surface area contributed by atoms with Crippen LogP contribution >= 0.6 is 0 Å². The van der Waals surface area contributed by atoms with E-state index in [4.69, 9.17) is 0 Å². The molecule has 2 aromatic rings. The van der Waals surface area contributed by atoms with Gasteiger partial charge < -0.3 is 5.32 Å². The molecular formula is C19H21N2O. The van der Waals surface area contributed by atoms with E-state index in [1.807, 2.05) is 60.7 Å². The van der Waals surface area contributed by atoms with Gasteiger partial charge in [0.2, 0.25) is 5.91 Å². The van der Waals surface area contributed by atoms with Gasteiger partial charge in [0.1, 0.15) is 0 Å². The first-order chi connectivity index (χ1) is 10.8. The molecule has 0 spiro atoms. The van der Waals surface area contributed by atoms with E-state index in [0.717, 1.165) is 37.1 Å². The van der Waals surface area contributed by atoms with Crippen LogP contribution in [-0.2, 0) is 4.79 Å². The molecule has 22 heavy (non-hydrogen) atoms. The van der Waals surface area contributed by atoms with Gasteiger partial charge in [0.15, 0.2) is 0 Å². The number of benzene rings is 2. The molecule has 0 aromatic heterocycles. The van der Waals surface area contributed by atoms with Gasteiger partial charge in [0, 0.05) is 19.1 Å². The lowest BCUT2D eigenvalue weighted by Gasteiger charge is -2.26. The molecule has 3 heteroatoms. The molecule has 1 aliphatic rings. The Kier molecular flexibility index (Phi) is 4.86. The Morgan fingerprint density at radius 1 is 0.909 bits per heavy atom. The molecule has 1 N–H and O–H groups in total. The van der Waals surface area contributed by atoms with Crippen molar-refractivity contribution < 1.29 is 4.79 Å². The van der Waals surface area contributed by atoms with E-state index in [1.54, 1.807) is 0 Å². The molecule has 0 aliphatic carbocycles. The molecule has 0 bridgehead atoms. The van der Waals surface area contributed by atoms with E-state index < -0.39 is 0 Å². The Bertz CT molecular complexity index is 552. The SMILES string of the molecule is O=C(NC1CC[N]CC1)C(c1ccccc1)c1ccccc1. The van der Waals surface area contributed by atoms with Crippen LogP contribution in [0.1, 0.15) is 29.9 Å². The van der Waals surface area contributed by atoms with Crippen molar-refractivity contribution in [3.05, 3.63) is 71.8 Å². The number of hydrogen-bond acceptors (Lipinski definition) is 1. The standard InChI is InChI=1S/C19H21N2O/c22-19(21-17-11-13-20-14-12-17)18(15-7-3-1-4-8-15)16-9-5-2-6-10-16/h1-10,17-18H,11-14H2,(H,21,22). The van der Waals surface area contributed by atoms with Crippen LogP contribution in [0.3, 0.4) is 0 Å². The van der Waals surface area contributed by atoms with Crippen LogP contribution in [-0.4, -0.2) is 25.0 Å². The molecule has 0 saturated carbocycles. The minimum absolute atomic E-state index is 0.0873. The fourth-order valence-electron chi connectivity index (χ4n) is 2.97. The summed E-state index contributed by atoms with van der Waals surface area (Å²) in [4.78, 5) is 12.9. The summed E-state index contributed by atoms with van der Waals surface area (Å²) >= 11 is 0. The lowest BCUT2D eigenvalue weighted by molar-refractivity contribution is -0.122. The minimum atomic E-state index is -0.249. The molecule has 2 aromatic carbocycles. The Morgan fingerprint density at radius 2 is 1.41 bits per heavy atom. The summed E-state index contributed by atoms with van der Waals surface area (Å²) in [6.45, 7) is 1.71. The van der Waals surface area contributed by atoms with Gasteiger partial charge in [-0.1, -0.05) is 60.7 Å². The van der Waals surface area contributed by atoms with Crippen LogP contribution in [0.2, 0.25) is 0 Å². The van der Waals surface area contributed by atoms with E-state index in [2.05, 4.69) is 10.6 Å². The first-order valence-electron chi connectivity index (χ1n) is 7.88.